The molecule has 4 heterocycles. The van der Waals surface area contributed by atoms with Crippen LogP contribution in [0.1, 0.15) is 56.7 Å². The highest BCUT2D eigenvalue weighted by Gasteiger charge is 2.49. The minimum Gasteiger partial charge on any atom is -0.379 e. The Morgan fingerprint density at radius 2 is 1.95 bits per heavy atom. The number of sulfone groups is 1. The van der Waals surface area contributed by atoms with Crippen LogP contribution in [-0.2, 0) is 38.5 Å². The number of benzene rings is 1. The molecular weight excluding hydrogens is 554 g/mol. The van der Waals surface area contributed by atoms with Crippen LogP contribution in [-0.4, -0.2) is 70.2 Å². The third kappa shape index (κ3) is 6.27. The van der Waals surface area contributed by atoms with Crippen molar-refractivity contribution in [3.05, 3.63) is 41.3 Å². The van der Waals surface area contributed by atoms with Gasteiger partial charge in [-0.1, -0.05) is 18.6 Å². The number of ether oxygens (including phenoxy) is 2. The average molecular weight is 592 g/mol. The van der Waals surface area contributed by atoms with E-state index in [1.165, 1.54) is 18.3 Å². The Kier molecular flexibility index (Phi) is 9.23. The average Bonchev–Trinajstić information content (AvgIpc) is 3.45. The van der Waals surface area contributed by atoms with E-state index in [1.54, 1.807) is 5.01 Å². The van der Waals surface area contributed by atoms with Gasteiger partial charge in [0.25, 0.3) is 0 Å². The number of hydrogen-bond acceptors (Lipinski definition) is 9. The Bertz CT molecular complexity index is 1300. The van der Waals surface area contributed by atoms with Gasteiger partial charge in [-0.2, -0.15) is 0 Å². The molecule has 10 nitrogen and oxygen atoms in total. The van der Waals surface area contributed by atoms with Crippen molar-refractivity contribution in [2.24, 2.45) is 0 Å². The third-order valence-corrected chi connectivity index (χ3v) is 11.8. The maximum Gasteiger partial charge on any atom is 0.245 e. The summed E-state index contributed by atoms with van der Waals surface area (Å²) < 4.78 is 36.8. The molecule has 12 heteroatoms. The number of nitrogens with one attached hydrogen (secondary N) is 1. The highest BCUT2D eigenvalue weighted by Crippen LogP contribution is 2.47. The number of rotatable bonds is 8. The molecule has 0 bridgehead atoms. The van der Waals surface area contributed by atoms with Gasteiger partial charge in [-0.3, -0.25) is 9.59 Å². The van der Waals surface area contributed by atoms with Gasteiger partial charge in [-0.15, -0.1) is 11.3 Å². The predicted octanol–water partition coefficient (Wildman–Crippen LogP) is 3.77. The van der Waals surface area contributed by atoms with Gasteiger partial charge in [0.2, 0.25) is 11.8 Å². The van der Waals surface area contributed by atoms with Crippen molar-refractivity contribution in [1.29, 1.82) is 0 Å². The maximum atomic E-state index is 13.6. The van der Waals surface area contributed by atoms with Crippen LogP contribution in [0.2, 0.25) is 0 Å². The molecule has 40 heavy (non-hydrogen) atoms. The molecule has 0 spiro atoms. The van der Waals surface area contributed by atoms with E-state index in [1.807, 2.05) is 41.4 Å². The van der Waals surface area contributed by atoms with Gasteiger partial charge >= 0.3 is 0 Å². The molecular formula is C28H37N3O7S2. The molecule has 1 aromatic carbocycles. The maximum absolute atomic E-state index is 13.6. The van der Waals surface area contributed by atoms with Gasteiger partial charge < -0.3 is 9.47 Å². The minimum atomic E-state index is -3.60. The second-order valence-corrected chi connectivity index (χ2v) is 14.0. The molecule has 3 fully saturated rings. The number of morpholine rings is 1. The predicted molar refractivity (Wildman–Crippen MR) is 152 cm³/mol. The first kappa shape index (κ1) is 29.2. The number of hydroxylamine groups is 1. The summed E-state index contributed by atoms with van der Waals surface area (Å²) in [4.78, 5) is 32.6. The molecule has 0 radical (unpaired) electrons. The standard InChI is InChI=1S/C28H37N3O7S2/c1-21(32)31(30-13-16-36-17-14-30)23-8-6-7-22(19-23)24-10-11-25(39-24)28(12-3-5-18-40(28,34)35)20-26(33)29-38-27-9-2-4-15-37-27/h6-8,10-11,19,27H,2-5,9,12-18,20H2,1H3,(H,29,33)/t27?,28-/m0/s1. The van der Waals surface area contributed by atoms with Crippen molar-refractivity contribution in [2.45, 2.75) is 62.9 Å². The first-order valence-electron chi connectivity index (χ1n) is 13.9. The van der Waals surface area contributed by atoms with Crippen molar-refractivity contribution in [1.82, 2.24) is 10.5 Å². The van der Waals surface area contributed by atoms with Crippen molar-refractivity contribution < 1.29 is 32.3 Å². The fourth-order valence-corrected chi connectivity index (χ4v) is 9.45. The second kappa shape index (κ2) is 12.7. The largest absolute Gasteiger partial charge is 0.379 e. The molecule has 2 aromatic rings. The number of carbonyl (C=O) groups excluding carboxylic acids is 2. The third-order valence-electron chi connectivity index (χ3n) is 7.73. The van der Waals surface area contributed by atoms with E-state index in [4.69, 9.17) is 14.3 Å². The molecule has 1 unspecified atom stereocenters. The van der Waals surface area contributed by atoms with Crippen molar-refractivity contribution >= 4 is 38.7 Å². The number of amides is 2. The SMILES string of the molecule is CC(=O)N(c1cccc(-c2ccc([C@@]3(CC(=O)NOC4CCCCO4)CCCCS3(=O)=O)s2)c1)N1CCOCC1. The Morgan fingerprint density at radius 3 is 2.67 bits per heavy atom. The van der Waals surface area contributed by atoms with Crippen LogP contribution >= 0.6 is 11.3 Å². The molecule has 3 aliphatic rings. The Hall–Kier alpha value is -2.35. The lowest BCUT2D eigenvalue weighted by molar-refractivity contribution is -0.200. The highest BCUT2D eigenvalue weighted by atomic mass is 32.2. The molecule has 5 rings (SSSR count). The van der Waals surface area contributed by atoms with E-state index in [2.05, 4.69) is 5.48 Å². The second-order valence-electron chi connectivity index (χ2n) is 10.5. The lowest BCUT2D eigenvalue weighted by Crippen LogP contribution is -2.51. The minimum absolute atomic E-state index is 0.0444. The number of nitrogens with zero attached hydrogens (tertiary/aromatic N) is 2. The van der Waals surface area contributed by atoms with Crippen molar-refractivity contribution in [3.8, 4) is 10.4 Å². The molecule has 3 aliphatic heterocycles. The molecule has 218 valence electrons. The van der Waals surface area contributed by atoms with Crippen molar-refractivity contribution in [3.63, 3.8) is 0 Å². The van der Waals surface area contributed by atoms with Crippen LogP contribution in [0.15, 0.2) is 36.4 Å². The monoisotopic (exact) mass is 591 g/mol. The molecule has 3 saturated heterocycles. The van der Waals surface area contributed by atoms with Crippen molar-refractivity contribution in [2.75, 3.05) is 43.7 Å². The van der Waals surface area contributed by atoms with Gasteiger partial charge in [0.05, 0.1) is 31.1 Å². The summed E-state index contributed by atoms with van der Waals surface area (Å²) >= 11 is 1.38. The Labute approximate surface area is 239 Å². The van der Waals surface area contributed by atoms with Gasteiger partial charge in [0.15, 0.2) is 16.1 Å². The van der Waals surface area contributed by atoms with Crippen LogP contribution in [0, 0.1) is 0 Å². The summed E-state index contributed by atoms with van der Waals surface area (Å²) in [5.41, 5.74) is 4.07. The first-order chi connectivity index (χ1) is 19.3. The number of anilines is 1. The fourth-order valence-electron chi connectivity index (χ4n) is 5.67. The number of carbonyl (C=O) groups is 2. The number of hydrazine groups is 1. The quantitative estimate of drug-likeness (QED) is 0.462. The van der Waals surface area contributed by atoms with E-state index in [9.17, 15) is 18.0 Å². The van der Waals surface area contributed by atoms with E-state index in [-0.39, 0.29) is 18.1 Å². The van der Waals surface area contributed by atoms with E-state index >= 15 is 0 Å². The summed E-state index contributed by atoms with van der Waals surface area (Å²) in [7, 11) is -3.60. The normalized spacial score (nSPS) is 25.3. The molecule has 1 N–H and O–H groups in total. The van der Waals surface area contributed by atoms with Crippen LogP contribution in [0.4, 0.5) is 5.69 Å². The topological polar surface area (TPSA) is 114 Å². The Balaban J connectivity index is 1.40. The van der Waals surface area contributed by atoms with E-state index in [0.717, 1.165) is 35.4 Å². The number of thiophene rings is 1. The first-order valence-corrected chi connectivity index (χ1v) is 16.4. The van der Waals surface area contributed by atoms with Gasteiger partial charge in [0, 0.05) is 42.8 Å². The zero-order chi connectivity index (χ0) is 28.2. The summed E-state index contributed by atoms with van der Waals surface area (Å²) in [6, 6.07) is 11.4. The fraction of sp³-hybridized carbons (Fsp3) is 0.571. The van der Waals surface area contributed by atoms with Crippen LogP contribution < -0.4 is 10.5 Å². The Morgan fingerprint density at radius 1 is 1.12 bits per heavy atom. The van der Waals surface area contributed by atoms with Gasteiger partial charge in [0.1, 0.15) is 4.75 Å². The van der Waals surface area contributed by atoms with E-state index < -0.39 is 26.8 Å². The zero-order valence-electron chi connectivity index (χ0n) is 22.8. The summed E-state index contributed by atoms with van der Waals surface area (Å²) in [5.74, 6) is -0.521. The molecule has 0 saturated carbocycles. The van der Waals surface area contributed by atoms with Crippen LogP contribution in [0.5, 0.6) is 0 Å². The van der Waals surface area contributed by atoms with Gasteiger partial charge in [-0.05, 0) is 55.5 Å². The van der Waals surface area contributed by atoms with Crippen LogP contribution in [0.25, 0.3) is 10.4 Å². The lowest BCUT2D eigenvalue weighted by atomic mass is 9.94. The summed E-state index contributed by atoms with van der Waals surface area (Å²) in [6.45, 7) is 4.46. The zero-order valence-corrected chi connectivity index (χ0v) is 24.4. The highest BCUT2D eigenvalue weighted by molar-refractivity contribution is 7.92. The summed E-state index contributed by atoms with van der Waals surface area (Å²) in [5, 5.41) is 3.65. The molecule has 2 amide bonds. The van der Waals surface area contributed by atoms with E-state index in [0.29, 0.717) is 57.0 Å². The van der Waals surface area contributed by atoms with Crippen LogP contribution in [0.3, 0.4) is 0 Å². The molecule has 0 aliphatic carbocycles. The molecule has 1 aromatic heterocycles. The number of hydrogen-bond donors (Lipinski definition) is 1. The molecule has 2 atom stereocenters. The smallest absolute Gasteiger partial charge is 0.245 e. The summed E-state index contributed by atoms with van der Waals surface area (Å²) in [6.07, 6.45) is 3.55. The van der Waals surface area contributed by atoms with Gasteiger partial charge in [-0.25, -0.2) is 28.8 Å². The lowest BCUT2D eigenvalue weighted by Gasteiger charge is -2.36.